The highest BCUT2D eigenvalue weighted by Gasteiger charge is 2.29. The molecule has 2 aliphatic heterocycles. The van der Waals surface area contributed by atoms with Gasteiger partial charge in [-0.3, -0.25) is 9.80 Å². The summed E-state index contributed by atoms with van der Waals surface area (Å²) in [5.41, 5.74) is 0. The van der Waals surface area contributed by atoms with E-state index in [-0.39, 0.29) is 0 Å². The van der Waals surface area contributed by atoms with Crippen molar-refractivity contribution >= 4 is 23.5 Å². The van der Waals surface area contributed by atoms with Crippen molar-refractivity contribution in [2.75, 3.05) is 42.6 Å². The van der Waals surface area contributed by atoms with Gasteiger partial charge in [0.2, 0.25) is 0 Å². The SMILES string of the molecule is CC(C)N1CCN(C2CSCCSC2)CC1C. The molecule has 17 heavy (non-hydrogen) atoms. The Balaban J connectivity index is 1.87. The van der Waals surface area contributed by atoms with Crippen molar-refractivity contribution < 1.29 is 0 Å². The molecule has 2 saturated heterocycles. The molecule has 0 aromatic rings. The summed E-state index contributed by atoms with van der Waals surface area (Å²) in [6.45, 7) is 10.8. The molecule has 2 aliphatic rings. The van der Waals surface area contributed by atoms with Crippen molar-refractivity contribution in [2.45, 2.75) is 38.9 Å². The average Bonchev–Trinajstić information content (AvgIpc) is 2.56. The van der Waals surface area contributed by atoms with Crippen molar-refractivity contribution in [2.24, 2.45) is 0 Å². The number of hydrogen-bond acceptors (Lipinski definition) is 4. The highest BCUT2D eigenvalue weighted by atomic mass is 32.2. The van der Waals surface area contributed by atoms with Crippen LogP contribution in [0.4, 0.5) is 0 Å². The average molecular weight is 274 g/mol. The summed E-state index contributed by atoms with van der Waals surface area (Å²) in [6.07, 6.45) is 0. The predicted molar refractivity (Wildman–Crippen MR) is 81.3 cm³/mol. The Morgan fingerprint density at radius 3 is 2.24 bits per heavy atom. The second kappa shape index (κ2) is 6.69. The molecule has 4 heteroatoms. The van der Waals surface area contributed by atoms with Crippen molar-refractivity contribution in [3.63, 3.8) is 0 Å². The summed E-state index contributed by atoms with van der Waals surface area (Å²) in [5.74, 6) is 5.40. The summed E-state index contributed by atoms with van der Waals surface area (Å²) in [6, 6.07) is 2.25. The third-order valence-electron chi connectivity index (χ3n) is 3.88. The lowest BCUT2D eigenvalue weighted by Gasteiger charge is -2.44. The van der Waals surface area contributed by atoms with Crippen LogP contribution in [0.1, 0.15) is 20.8 Å². The fourth-order valence-corrected chi connectivity index (χ4v) is 5.54. The number of rotatable bonds is 2. The molecule has 100 valence electrons. The molecule has 2 nitrogen and oxygen atoms in total. The Morgan fingerprint density at radius 1 is 1.06 bits per heavy atom. The first-order valence-electron chi connectivity index (χ1n) is 6.83. The Morgan fingerprint density at radius 2 is 1.71 bits per heavy atom. The monoisotopic (exact) mass is 274 g/mol. The topological polar surface area (TPSA) is 6.48 Å². The number of hydrogen-bond donors (Lipinski definition) is 0. The van der Waals surface area contributed by atoms with Crippen LogP contribution >= 0.6 is 23.5 Å². The van der Waals surface area contributed by atoms with E-state index >= 15 is 0 Å². The molecule has 0 radical (unpaired) electrons. The number of thioether (sulfide) groups is 2. The second-order valence-corrected chi connectivity index (χ2v) is 7.78. The van der Waals surface area contributed by atoms with Gasteiger partial charge in [-0.15, -0.1) is 0 Å². The van der Waals surface area contributed by atoms with E-state index in [1.54, 1.807) is 0 Å². The molecule has 2 fully saturated rings. The molecule has 0 bridgehead atoms. The standard InChI is InChI=1S/C13H26N2S2/c1-11(2)15-5-4-14(8-12(15)3)13-9-16-6-7-17-10-13/h11-13H,4-10H2,1-3H3. The van der Waals surface area contributed by atoms with Gasteiger partial charge >= 0.3 is 0 Å². The Kier molecular flexibility index (Phi) is 5.52. The minimum absolute atomic E-state index is 0.699. The van der Waals surface area contributed by atoms with Gasteiger partial charge in [-0.1, -0.05) is 0 Å². The van der Waals surface area contributed by atoms with Crippen molar-refractivity contribution in [3.8, 4) is 0 Å². The first kappa shape index (κ1) is 14.0. The van der Waals surface area contributed by atoms with Crippen LogP contribution in [-0.2, 0) is 0 Å². The van der Waals surface area contributed by atoms with Gasteiger partial charge in [0, 0.05) is 60.8 Å². The molecule has 2 heterocycles. The van der Waals surface area contributed by atoms with Crippen LogP contribution in [0.3, 0.4) is 0 Å². The largest absolute Gasteiger partial charge is 0.296 e. The second-order valence-electron chi connectivity index (χ2n) is 5.48. The zero-order valence-corrected chi connectivity index (χ0v) is 13.0. The predicted octanol–water partition coefficient (Wildman–Crippen LogP) is 2.25. The lowest BCUT2D eigenvalue weighted by molar-refractivity contribution is 0.0467. The first-order chi connectivity index (χ1) is 8.18. The third kappa shape index (κ3) is 3.79. The van der Waals surface area contributed by atoms with E-state index in [4.69, 9.17) is 0 Å². The fraction of sp³-hybridized carbons (Fsp3) is 1.00. The van der Waals surface area contributed by atoms with E-state index in [9.17, 15) is 0 Å². The minimum atomic E-state index is 0.699. The van der Waals surface area contributed by atoms with E-state index in [1.165, 1.54) is 42.6 Å². The zero-order chi connectivity index (χ0) is 12.3. The normalized spacial score (nSPS) is 30.7. The summed E-state index contributed by atoms with van der Waals surface area (Å²) in [4.78, 5) is 5.39. The molecule has 0 aliphatic carbocycles. The van der Waals surface area contributed by atoms with Crippen LogP contribution in [0.25, 0.3) is 0 Å². The Hall–Kier alpha value is 0.620. The molecule has 0 aromatic carbocycles. The molecule has 0 aromatic heterocycles. The summed E-state index contributed by atoms with van der Waals surface area (Å²) in [5, 5.41) is 0. The number of piperazine rings is 1. The Bertz CT molecular complexity index is 227. The molecule has 0 amide bonds. The van der Waals surface area contributed by atoms with Crippen molar-refractivity contribution in [1.82, 2.24) is 9.80 Å². The number of nitrogens with zero attached hydrogens (tertiary/aromatic N) is 2. The van der Waals surface area contributed by atoms with E-state index in [0.29, 0.717) is 6.04 Å². The van der Waals surface area contributed by atoms with E-state index in [0.717, 1.165) is 12.1 Å². The molecular weight excluding hydrogens is 248 g/mol. The first-order valence-corrected chi connectivity index (χ1v) is 9.14. The van der Waals surface area contributed by atoms with Gasteiger partial charge in [-0.2, -0.15) is 23.5 Å². The van der Waals surface area contributed by atoms with Gasteiger partial charge in [0.15, 0.2) is 0 Å². The maximum absolute atomic E-state index is 2.74. The highest BCUT2D eigenvalue weighted by Crippen LogP contribution is 2.23. The van der Waals surface area contributed by atoms with Crippen molar-refractivity contribution in [3.05, 3.63) is 0 Å². The fourth-order valence-electron chi connectivity index (χ4n) is 2.91. The third-order valence-corrected chi connectivity index (χ3v) is 6.37. The van der Waals surface area contributed by atoms with E-state index < -0.39 is 0 Å². The quantitative estimate of drug-likeness (QED) is 0.761. The molecule has 0 N–H and O–H groups in total. The molecule has 1 atom stereocenters. The minimum Gasteiger partial charge on any atom is -0.296 e. The van der Waals surface area contributed by atoms with Crippen LogP contribution < -0.4 is 0 Å². The lowest BCUT2D eigenvalue weighted by Crippen LogP contribution is -2.57. The molecule has 1 unspecified atom stereocenters. The van der Waals surface area contributed by atoms with Gasteiger partial charge in [-0.05, 0) is 20.8 Å². The van der Waals surface area contributed by atoms with Crippen LogP contribution in [0.15, 0.2) is 0 Å². The molecule has 2 rings (SSSR count). The summed E-state index contributed by atoms with van der Waals surface area (Å²) >= 11 is 4.30. The van der Waals surface area contributed by atoms with Crippen molar-refractivity contribution in [1.29, 1.82) is 0 Å². The van der Waals surface area contributed by atoms with Crippen LogP contribution in [0.5, 0.6) is 0 Å². The van der Waals surface area contributed by atoms with Crippen LogP contribution in [0.2, 0.25) is 0 Å². The zero-order valence-electron chi connectivity index (χ0n) is 11.4. The van der Waals surface area contributed by atoms with Gasteiger partial charge in [-0.25, -0.2) is 0 Å². The maximum atomic E-state index is 2.74. The lowest BCUT2D eigenvalue weighted by atomic mass is 10.1. The molecular formula is C13H26N2S2. The summed E-state index contributed by atoms with van der Waals surface area (Å²) in [7, 11) is 0. The van der Waals surface area contributed by atoms with Gasteiger partial charge in [0.25, 0.3) is 0 Å². The van der Waals surface area contributed by atoms with E-state index in [1.807, 2.05) is 0 Å². The van der Waals surface area contributed by atoms with Gasteiger partial charge < -0.3 is 0 Å². The van der Waals surface area contributed by atoms with Gasteiger partial charge in [0.05, 0.1) is 0 Å². The molecule has 0 saturated carbocycles. The van der Waals surface area contributed by atoms with Gasteiger partial charge in [0.1, 0.15) is 0 Å². The van der Waals surface area contributed by atoms with Crippen LogP contribution in [-0.4, -0.2) is 70.6 Å². The Labute approximate surface area is 115 Å². The molecule has 0 spiro atoms. The van der Waals surface area contributed by atoms with E-state index in [2.05, 4.69) is 54.1 Å². The summed E-state index contributed by atoms with van der Waals surface area (Å²) < 4.78 is 0. The smallest absolute Gasteiger partial charge is 0.0278 e. The van der Waals surface area contributed by atoms with Crippen LogP contribution in [0, 0.1) is 0 Å². The highest BCUT2D eigenvalue weighted by molar-refractivity contribution is 8.03. The maximum Gasteiger partial charge on any atom is 0.0278 e.